The van der Waals surface area contributed by atoms with E-state index in [2.05, 4.69) is 22.8 Å². The molecule has 1 aliphatic heterocycles. The van der Waals surface area contributed by atoms with Crippen molar-refractivity contribution in [2.45, 2.75) is 38.5 Å². The maximum atomic E-state index is 11.5. The molecule has 1 aromatic rings. The van der Waals surface area contributed by atoms with Crippen LogP contribution in [0.1, 0.15) is 44.1 Å². The first-order valence-corrected chi connectivity index (χ1v) is 6.90. The highest BCUT2D eigenvalue weighted by molar-refractivity contribution is 5.90. The number of benzene rings is 1. The minimum Gasteiger partial charge on any atom is -0.326 e. The summed E-state index contributed by atoms with van der Waals surface area (Å²) in [6.45, 7) is 4.24. The van der Waals surface area contributed by atoms with Crippen molar-refractivity contribution in [1.82, 2.24) is 5.32 Å². The van der Waals surface area contributed by atoms with Crippen LogP contribution < -0.4 is 10.6 Å². The monoisotopic (exact) mass is 246 g/mol. The summed E-state index contributed by atoms with van der Waals surface area (Å²) in [6, 6.07) is 8.34. The number of carbonyl (C=O) groups excluding carboxylic acids is 1. The molecule has 1 aromatic carbocycles. The van der Waals surface area contributed by atoms with Gasteiger partial charge in [-0.15, -0.1) is 0 Å². The number of amides is 1. The molecule has 1 heterocycles. The van der Waals surface area contributed by atoms with Crippen molar-refractivity contribution >= 4 is 11.6 Å². The fraction of sp³-hybridized carbons (Fsp3) is 0.533. The quantitative estimate of drug-likeness (QED) is 0.857. The molecular formula is C15H22N2O. The molecule has 3 nitrogen and oxygen atoms in total. The second-order valence-electron chi connectivity index (χ2n) is 4.94. The van der Waals surface area contributed by atoms with Crippen LogP contribution in [0.2, 0.25) is 0 Å². The minimum atomic E-state index is 0.104. The maximum absolute atomic E-state index is 11.5. The second-order valence-corrected chi connectivity index (χ2v) is 4.94. The first-order chi connectivity index (χ1) is 8.79. The van der Waals surface area contributed by atoms with Crippen LogP contribution in [0.25, 0.3) is 0 Å². The zero-order valence-corrected chi connectivity index (χ0v) is 11.0. The molecule has 1 aliphatic rings. The summed E-state index contributed by atoms with van der Waals surface area (Å²) in [4.78, 5) is 11.5. The van der Waals surface area contributed by atoms with E-state index in [1.54, 1.807) is 0 Å². The SMILES string of the molecule is CCCC(=O)Nc1ccc(C2CCNCC2)cc1. The molecule has 3 heteroatoms. The van der Waals surface area contributed by atoms with Crippen LogP contribution >= 0.6 is 0 Å². The third kappa shape index (κ3) is 3.57. The van der Waals surface area contributed by atoms with Gasteiger partial charge in [-0.3, -0.25) is 4.79 Å². The lowest BCUT2D eigenvalue weighted by atomic mass is 9.90. The topological polar surface area (TPSA) is 41.1 Å². The number of anilines is 1. The number of rotatable bonds is 4. The Morgan fingerprint density at radius 3 is 2.56 bits per heavy atom. The molecule has 1 saturated heterocycles. The molecule has 0 saturated carbocycles. The molecule has 0 aliphatic carbocycles. The van der Waals surface area contributed by atoms with Gasteiger partial charge in [0.15, 0.2) is 0 Å². The highest BCUT2D eigenvalue weighted by Gasteiger charge is 2.14. The predicted octanol–water partition coefficient (Wildman–Crippen LogP) is 2.89. The van der Waals surface area contributed by atoms with Gasteiger partial charge < -0.3 is 10.6 Å². The number of piperidine rings is 1. The van der Waals surface area contributed by atoms with Gasteiger partial charge in [0.1, 0.15) is 0 Å². The fourth-order valence-corrected chi connectivity index (χ4v) is 2.44. The van der Waals surface area contributed by atoms with Crippen molar-refractivity contribution in [2.24, 2.45) is 0 Å². The van der Waals surface area contributed by atoms with E-state index in [1.165, 1.54) is 18.4 Å². The number of hydrogen-bond donors (Lipinski definition) is 2. The average molecular weight is 246 g/mol. The van der Waals surface area contributed by atoms with E-state index in [1.807, 2.05) is 19.1 Å². The molecule has 98 valence electrons. The summed E-state index contributed by atoms with van der Waals surface area (Å²) in [6.07, 6.45) is 3.90. The van der Waals surface area contributed by atoms with E-state index in [4.69, 9.17) is 0 Å². The third-order valence-corrected chi connectivity index (χ3v) is 3.48. The van der Waals surface area contributed by atoms with Gasteiger partial charge in [0.2, 0.25) is 5.91 Å². The summed E-state index contributed by atoms with van der Waals surface area (Å²) in [7, 11) is 0. The molecule has 0 atom stereocenters. The van der Waals surface area contributed by atoms with Crippen LogP contribution in [0.5, 0.6) is 0 Å². The van der Waals surface area contributed by atoms with Gasteiger partial charge in [-0.1, -0.05) is 19.1 Å². The summed E-state index contributed by atoms with van der Waals surface area (Å²) in [5.41, 5.74) is 2.30. The van der Waals surface area contributed by atoms with Crippen molar-refractivity contribution in [2.75, 3.05) is 18.4 Å². The highest BCUT2D eigenvalue weighted by atomic mass is 16.1. The fourth-order valence-electron chi connectivity index (χ4n) is 2.44. The molecule has 18 heavy (non-hydrogen) atoms. The zero-order valence-electron chi connectivity index (χ0n) is 11.0. The van der Waals surface area contributed by atoms with Gasteiger partial charge in [-0.2, -0.15) is 0 Å². The van der Waals surface area contributed by atoms with Crippen molar-refractivity contribution in [3.8, 4) is 0 Å². The van der Waals surface area contributed by atoms with Gasteiger partial charge in [-0.05, 0) is 56.0 Å². The number of hydrogen-bond acceptors (Lipinski definition) is 2. The summed E-state index contributed by atoms with van der Waals surface area (Å²) in [5, 5.41) is 6.30. The largest absolute Gasteiger partial charge is 0.326 e. The Morgan fingerprint density at radius 2 is 1.94 bits per heavy atom. The second kappa shape index (κ2) is 6.55. The van der Waals surface area contributed by atoms with Crippen LogP contribution in [-0.2, 0) is 4.79 Å². The van der Waals surface area contributed by atoms with Crippen molar-refractivity contribution in [1.29, 1.82) is 0 Å². The lowest BCUT2D eigenvalue weighted by Crippen LogP contribution is -2.26. The molecule has 1 amide bonds. The van der Waals surface area contributed by atoms with Crippen LogP contribution in [-0.4, -0.2) is 19.0 Å². The number of carbonyl (C=O) groups is 1. The van der Waals surface area contributed by atoms with E-state index in [-0.39, 0.29) is 5.91 Å². The Morgan fingerprint density at radius 1 is 1.28 bits per heavy atom. The van der Waals surface area contributed by atoms with E-state index < -0.39 is 0 Å². The maximum Gasteiger partial charge on any atom is 0.224 e. The standard InChI is InChI=1S/C15H22N2O/c1-2-3-15(18)17-14-6-4-12(5-7-14)13-8-10-16-11-9-13/h4-7,13,16H,2-3,8-11H2,1H3,(H,17,18). The van der Waals surface area contributed by atoms with Crippen molar-refractivity contribution in [3.63, 3.8) is 0 Å². The average Bonchev–Trinajstić information content (AvgIpc) is 2.41. The smallest absolute Gasteiger partial charge is 0.224 e. The zero-order chi connectivity index (χ0) is 12.8. The molecule has 0 spiro atoms. The lowest BCUT2D eigenvalue weighted by Gasteiger charge is -2.23. The Kier molecular flexibility index (Phi) is 4.76. The minimum absolute atomic E-state index is 0.104. The molecule has 0 unspecified atom stereocenters. The predicted molar refractivity (Wildman–Crippen MR) is 74.8 cm³/mol. The number of nitrogens with one attached hydrogen (secondary N) is 2. The van der Waals surface area contributed by atoms with Crippen LogP contribution in [0, 0.1) is 0 Å². The highest BCUT2D eigenvalue weighted by Crippen LogP contribution is 2.26. The van der Waals surface area contributed by atoms with E-state index >= 15 is 0 Å². The van der Waals surface area contributed by atoms with Gasteiger partial charge >= 0.3 is 0 Å². The summed E-state index contributed by atoms with van der Waals surface area (Å²) < 4.78 is 0. The Labute approximate surface area is 109 Å². The van der Waals surface area contributed by atoms with Gasteiger partial charge in [0, 0.05) is 12.1 Å². The molecule has 0 radical (unpaired) electrons. The molecule has 2 N–H and O–H groups in total. The summed E-state index contributed by atoms with van der Waals surface area (Å²) >= 11 is 0. The third-order valence-electron chi connectivity index (χ3n) is 3.48. The first-order valence-electron chi connectivity index (χ1n) is 6.90. The molecular weight excluding hydrogens is 224 g/mol. The molecule has 0 aromatic heterocycles. The van der Waals surface area contributed by atoms with E-state index in [0.717, 1.165) is 25.2 Å². The Balaban J connectivity index is 1.94. The normalized spacial score (nSPS) is 16.5. The van der Waals surface area contributed by atoms with Crippen LogP contribution in [0.3, 0.4) is 0 Å². The van der Waals surface area contributed by atoms with Crippen LogP contribution in [0.4, 0.5) is 5.69 Å². The lowest BCUT2D eigenvalue weighted by molar-refractivity contribution is -0.116. The van der Waals surface area contributed by atoms with Crippen LogP contribution in [0.15, 0.2) is 24.3 Å². The van der Waals surface area contributed by atoms with Gasteiger partial charge in [-0.25, -0.2) is 0 Å². The molecule has 1 fully saturated rings. The Hall–Kier alpha value is -1.35. The first kappa shape index (κ1) is 13.1. The van der Waals surface area contributed by atoms with Crippen molar-refractivity contribution < 1.29 is 4.79 Å². The van der Waals surface area contributed by atoms with E-state index in [9.17, 15) is 4.79 Å². The van der Waals surface area contributed by atoms with Gasteiger partial charge in [0.25, 0.3) is 0 Å². The van der Waals surface area contributed by atoms with Crippen molar-refractivity contribution in [3.05, 3.63) is 29.8 Å². The van der Waals surface area contributed by atoms with E-state index in [0.29, 0.717) is 12.3 Å². The van der Waals surface area contributed by atoms with Gasteiger partial charge in [0.05, 0.1) is 0 Å². The molecule has 2 rings (SSSR count). The Bertz CT molecular complexity index is 380. The summed E-state index contributed by atoms with van der Waals surface area (Å²) in [5.74, 6) is 0.777. The molecule has 0 bridgehead atoms.